The summed E-state index contributed by atoms with van der Waals surface area (Å²) in [6.07, 6.45) is 3.20. The third-order valence-electron chi connectivity index (χ3n) is 9.33. The zero-order chi connectivity index (χ0) is 29.4. The first-order chi connectivity index (χ1) is 20.3. The van der Waals surface area contributed by atoms with Gasteiger partial charge in [0.2, 0.25) is 5.91 Å². The second-order valence-corrected chi connectivity index (χ2v) is 12.8. The Hall–Kier alpha value is -2.80. The van der Waals surface area contributed by atoms with E-state index in [2.05, 4.69) is 54.4 Å². The molecule has 1 saturated heterocycles. The lowest BCUT2D eigenvalue weighted by molar-refractivity contribution is -0.138. The monoisotopic (exact) mass is 610 g/mol. The normalized spacial score (nSPS) is 23.1. The van der Waals surface area contributed by atoms with Gasteiger partial charge in [-0.05, 0) is 110 Å². The van der Waals surface area contributed by atoms with Crippen LogP contribution >= 0.6 is 23.2 Å². The van der Waals surface area contributed by atoms with Crippen molar-refractivity contribution >= 4 is 29.1 Å². The average Bonchev–Trinajstić information content (AvgIpc) is 3.59. The molecule has 0 spiro atoms. The summed E-state index contributed by atoms with van der Waals surface area (Å²) >= 11 is 12.1. The minimum atomic E-state index is -0.513. The number of benzene rings is 3. The zero-order valence-electron chi connectivity index (χ0n) is 24.0. The molecule has 3 aliphatic rings. The molecule has 0 unspecified atom stereocenters. The Kier molecular flexibility index (Phi) is 8.67. The lowest BCUT2D eigenvalue weighted by Crippen LogP contribution is -2.41. The number of ether oxygens (including phenoxy) is 2. The van der Waals surface area contributed by atoms with E-state index in [1.807, 2.05) is 12.1 Å². The Morgan fingerprint density at radius 2 is 1.71 bits per heavy atom. The zero-order valence-corrected chi connectivity index (χ0v) is 25.6. The number of hydrogen-bond acceptors (Lipinski definition) is 4. The summed E-state index contributed by atoms with van der Waals surface area (Å²) in [7, 11) is 0. The van der Waals surface area contributed by atoms with Crippen LogP contribution in [-0.4, -0.2) is 43.2 Å². The highest BCUT2D eigenvalue weighted by Crippen LogP contribution is 2.50. The van der Waals surface area contributed by atoms with Gasteiger partial charge in [-0.1, -0.05) is 53.5 Å². The molecular weight excluding hydrogens is 574 g/mol. The van der Waals surface area contributed by atoms with E-state index in [0.717, 1.165) is 38.1 Å². The van der Waals surface area contributed by atoms with Crippen molar-refractivity contribution in [2.24, 2.45) is 17.8 Å². The number of carbonyl (C=O) groups excluding carboxylic acids is 1. The highest BCUT2D eigenvalue weighted by Gasteiger charge is 2.51. The molecular formula is C34H37Cl2FN2O3. The number of amides is 1. The topological polar surface area (TPSA) is 50.8 Å². The maximum atomic E-state index is 14.4. The maximum absolute atomic E-state index is 14.4. The predicted octanol–water partition coefficient (Wildman–Crippen LogP) is 7.34. The number of aryl methyl sites for hydroxylation is 1. The molecule has 1 amide bonds. The molecule has 2 saturated carbocycles. The van der Waals surface area contributed by atoms with Crippen LogP contribution in [0.1, 0.15) is 47.4 Å². The number of rotatable bonds is 10. The quantitative estimate of drug-likeness (QED) is 0.244. The van der Waals surface area contributed by atoms with Crippen molar-refractivity contribution in [1.82, 2.24) is 10.2 Å². The number of nitrogens with zero attached hydrogens (tertiary/aromatic N) is 1. The van der Waals surface area contributed by atoms with Gasteiger partial charge in [0.1, 0.15) is 24.8 Å². The van der Waals surface area contributed by atoms with Gasteiger partial charge >= 0.3 is 0 Å². The molecule has 42 heavy (non-hydrogen) atoms. The van der Waals surface area contributed by atoms with Gasteiger partial charge in [-0.2, -0.15) is 0 Å². The lowest BCUT2D eigenvalue weighted by atomic mass is 9.83. The first-order valence-electron chi connectivity index (χ1n) is 14.9. The van der Waals surface area contributed by atoms with E-state index in [9.17, 15) is 9.18 Å². The summed E-state index contributed by atoms with van der Waals surface area (Å²) < 4.78 is 24.9. The van der Waals surface area contributed by atoms with Gasteiger partial charge in [-0.3, -0.25) is 4.79 Å². The summed E-state index contributed by atoms with van der Waals surface area (Å²) in [5.74, 6) is 1.81. The molecule has 1 heterocycles. The van der Waals surface area contributed by atoms with Crippen molar-refractivity contribution in [3.63, 3.8) is 0 Å². The van der Waals surface area contributed by atoms with E-state index in [1.165, 1.54) is 34.4 Å². The summed E-state index contributed by atoms with van der Waals surface area (Å²) in [4.78, 5) is 16.6. The van der Waals surface area contributed by atoms with Crippen molar-refractivity contribution in [2.75, 3.05) is 26.3 Å². The van der Waals surface area contributed by atoms with Crippen LogP contribution in [0, 0.1) is 37.4 Å². The third-order valence-corrected chi connectivity index (χ3v) is 9.89. The van der Waals surface area contributed by atoms with Crippen LogP contribution in [0.2, 0.25) is 10.0 Å². The van der Waals surface area contributed by atoms with Crippen molar-refractivity contribution < 1.29 is 18.7 Å². The number of carbonyl (C=O) groups is 1. The Balaban J connectivity index is 1.13. The molecule has 0 bridgehead atoms. The molecule has 222 valence electrons. The van der Waals surface area contributed by atoms with Gasteiger partial charge in [0.05, 0.1) is 10.0 Å². The van der Waals surface area contributed by atoms with Crippen LogP contribution in [0.4, 0.5) is 4.39 Å². The molecule has 0 aromatic heterocycles. The van der Waals surface area contributed by atoms with Gasteiger partial charge in [0.15, 0.2) is 5.75 Å². The van der Waals surface area contributed by atoms with Crippen molar-refractivity contribution in [2.45, 2.75) is 51.6 Å². The SMILES string of the molecule is Cc1cccc(CN(C(=O)[C@@H]2[C@@H]3CNC[C@@H]3C[C@@H]2c2ccc(OCCOc3c(Cl)cc(F)cc3Cl)cc2)C2CC2)c1C. The molecule has 4 atom stereocenters. The lowest BCUT2D eigenvalue weighted by Gasteiger charge is -2.32. The van der Waals surface area contributed by atoms with Crippen LogP contribution in [0.15, 0.2) is 54.6 Å². The fraction of sp³-hybridized carbons (Fsp3) is 0.441. The van der Waals surface area contributed by atoms with Gasteiger partial charge in [0, 0.05) is 18.5 Å². The van der Waals surface area contributed by atoms with Crippen LogP contribution in [0.3, 0.4) is 0 Å². The Morgan fingerprint density at radius 3 is 2.43 bits per heavy atom. The molecule has 8 heteroatoms. The largest absolute Gasteiger partial charge is 0.490 e. The highest BCUT2D eigenvalue weighted by atomic mass is 35.5. The molecule has 3 aromatic rings. The molecule has 6 rings (SSSR count). The molecule has 5 nitrogen and oxygen atoms in total. The number of nitrogens with one attached hydrogen (secondary N) is 1. The fourth-order valence-corrected chi connectivity index (χ4v) is 7.38. The molecule has 0 radical (unpaired) electrons. The number of halogens is 3. The van der Waals surface area contributed by atoms with E-state index in [0.29, 0.717) is 30.3 Å². The van der Waals surface area contributed by atoms with E-state index < -0.39 is 5.82 Å². The van der Waals surface area contributed by atoms with E-state index in [4.69, 9.17) is 32.7 Å². The van der Waals surface area contributed by atoms with Crippen LogP contribution in [0.25, 0.3) is 0 Å². The fourth-order valence-electron chi connectivity index (χ4n) is 6.81. The van der Waals surface area contributed by atoms with E-state index in [-0.39, 0.29) is 40.8 Å². The average molecular weight is 612 g/mol. The predicted molar refractivity (Wildman–Crippen MR) is 164 cm³/mol. The second kappa shape index (κ2) is 12.4. The minimum absolute atomic E-state index is 0.0268. The molecule has 3 fully saturated rings. The van der Waals surface area contributed by atoms with Crippen LogP contribution in [0.5, 0.6) is 11.5 Å². The van der Waals surface area contributed by atoms with Crippen LogP contribution in [-0.2, 0) is 11.3 Å². The van der Waals surface area contributed by atoms with Gasteiger partial charge in [0.25, 0.3) is 0 Å². The smallest absolute Gasteiger partial charge is 0.227 e. The minimum Gasteiger partial charge on any atom is -0.490 e. The van der Waals surface area contributed by atoms with Crippen molar-refractivity contribution in [1.29, 1.82) is 0 Å². The third kappa shape index (κ3) is 6.13. The van der Waals surface area contributed by atoms with Crippen molar-refractivity contribution in [3.8, 4) is 11.5 Å². The molecule has 1 aliphatic heterocycles. The van der Waals surface area contributed by atoms with E-state index >= 15 is 0 Å². The summed E-state index contributed by atoms with van der Waals surface area (Å²) in [5, 5.41) is 3.80. The summed E-state index contributed by atoms with van der Waals surface area (Å²) in [6.45, 7) is 7.36. The molecule has 1 N–H and O–H groups in total. The Labute approximate surface area is 257 Å². The van der Waals surface area contributed by atoms with Crippen LogP contribution < -0.4 is 14.8 Å². The highest BCUT2D eigenvalue weighted by molar-refractivity contribution is 6.37. The summed E-state index contributed by atoms with van der Waals surface area (Å²) in [5.41, 5.74) is 5.00. The standard InChI is InChI=1S/C34H37Cl2FN2O3/c1-20-4-3-5-23(21(20)2)19-39(26-8-9-26)34(40)32-28(14-24-17-38-18-29(24)32)22-6-10-27(11-7-22)41-12-13-42-33-30(35)15-25(37)16-31(33)36/h3-7,10-11,15-16,24,26,28-29,32,38H,8-9,12-14,17-19H2,1-2H3/t24-,28+,29+,32-/m0/s1. The van der Waals surface area contributed by atoms with Crippen molar-refractivity contribution in [3.05, 3.63) is 92.7 Å². The second-order valence-electron chi connectivity index (χ2n) is 12.0. The summed E-state index contributed by atoms with van der Waals surface area (Å²) in [6, 6.07) is 17.2. The Morgan fingerprint density at radius 1 is 1.00 bits per heavy atom. The number of fused-ring (bicyclic) bond motifs is 1. The molecule has 3 aromatic carbocycles. The van der Waals surface area contributed by atoms with Gasteiger partial charge in [-0.15, -0.1) is 0 Å². The maximum Gasteiger partial charge on any atom is 0.227 e. The van der Waals surface area contributed by atoms with E-state index in [1.54, 1.807) is 0 Å². The van der Waals surface area contributed by atoms with Gasteiger partial charge in [-0.25, -0.2) is 4.39 Å². The number of hydrogen-bond donors (Lipinski definition) is 1. The first kappa shape index (κ1) is 29.3. The first-order valence-corrected chi connectivity index (χ1v) is 15.6. The molecule has 2 aliphatic carbocycles. The van der Waals surface area contributed by atoms with Gasteiger partial charge < -0.3 is 19.7 Å². The Bertz CT molecular complexity index is 1420.